The van der Waals surface area contributed by atoms with Crippen LogP contribution in [0.1, 0.15) is 12.8 Å². The van der Waals surface area contributed by atoms with Crippen molar-refractivity contribution in [3.8, 4) is 5.75 Å². The lowest BCUT2D eigenvalue weighted by Crippen LogP contribution is -2.33. The second-order valence-corrected chi connectivity index (χ2v) is 5.72. The molecule has 0 radical (unpaired) electrons. The molecule has 6 nitrogen and oxygen atoms in total. The fraction of sp³-hybridized carbons (Fsp3) is 0.562. The molecule has 0 aromatic heterocycles. The van der Waals surface area contributed by atoms with Crippen LogP contribution in [-0.2, 0) is 4.74 Å². The Bertz CT molecular complexity index is 559. The van der Waals surface area contributed by atoms with Crippen molar-refractivity contribution in [3.63, 3.8) is 0 Å². The maximum atomic E-state index is 12.1. The van der Waals surface area contributed by atoms with E-state index in [0.717, 1.165) is 13.1 Å². The van der Waals surface area contributed by atoms with Crippen molar-refractivity contribution in [2.24, 2.45) is 10.7 Å². The molecule has 25 heavy (non-hydrogen) atoms. The number of aliphatic imine (C=N–C) groups is 1. The molecule has 0 atom stereocenters. The van der Waals surface area contributed by atoms with Crippen molar-refractivity contribution in [2.45, 2.75) is 25.2 Å². The van der Waals surface area contributed by atoms with E-state index in [1.54, 1.807) is 7.11 Å². The smallest absolute Gasteiger partial charge is 0.406 e. The summed E-state index contributed by atoms with van der Waals surface area (Å²) in [5.41, 5.74) is 6.34. The Hall–Kier alpha value is -2.00. The summed E-state index contributed by atoms with van der Waals surface area (Å²) in [4.78, 5) is 6.57. The van der Waals surface area contributed by atoms with Crippen LogP contribution in [0.4, 0.5) is 18.9 Å². The number of halogens is 3. The quantitative estimate of drug-likeness (QED) is 0.523. The number of nitrogens with two attached hydrogens (primary N) is 1. The van der Waals surface area contributed by atoms with Gasteiger partial charge in [0.2, 0.25) is 0 Å². The highest BCUT2D eigenvalue weighted by Crippen LogP contribution is 2.26. The first-order chi connectivity index (χ1) is 11.9. The highest BCUT2D eigenvalue weighted by molar-refractivity contribution is 5.92. The second kappa shape index (κ2) is 8.91. The Balaban J connectivity index is 1.78. The molecule has 0 spiro atoms. The van der Waals surface area contributed by atoms with Gasteiger partial charge >= 0.3 is 6.36 Å². The van der Waals surface area contributed by atoms with Crippen molar-refractivity contribution in [1.82, 2.24) is 4.90 Å². The van der Waals surface area contributed by atoms with E-state index in [9.17, 15) is 13.2 Å². The number of methoxy groups -OCH3 is 1. The van der Waals surface area contributed by atoms with Crippen LogP contribution < -0.4 is 15.8 Å². The zero-order valence-corrected chi connectivity index (χ0v) is 14.1. The predicted molar refractivity (Wildman–Crippen MR) is 89.7 cm³/mol. The van der Waals surface area contributed by atoms with Crippen LogP contribution in [0.15, 0.2) is 29.3 Å². The average molecular weight is 360 g/mol. The molecule has 3 N–H and O–H groups in total. The molecule has 0 saturated heterocycles. The number of nitrogens with zero attached hydrogens (tertiary/aromatic N) is 2. The van der Waals surface area contributed by atoms with Crippen molar-refractivity contribution < 1.29 is 22.6 Å². The summed E-state index contributed by atoms with van der Waals surface area (Å²) in [6, 6.07) is 5.92. The number of hydrogen-bond acceptors (Lipinski definition) is 4. The number of ether oxygens (including phenoxy) is 2. The summed E-state index contributed by atoms with van der Waals surface area (Å²) < 4.78 is 45.2. The highest BCUT2D eigenvalue weighted by Gasteiger charge is 2.31. The third-order valence-electron chi connectivity index (χ3n) is 3.68. The Labute approximate surface area is 144 Å². The maximum absolute atomic E-state index is 12.1. The molecule has 1 aromatic carbocycles. The highest BCUT2D eigenvalue weighted by atomic mass is 19.4. The molecule has 1 fully saturated rings. The summed E-state index contributed by atoms with van der Waals surface area (Å²) >= 11 is 0. The Kier molecular flexibility index (Phi) is 6.89. The van der Waals surface area contributed by atoms with Crippen LogP contribution in [0.5, 0.6) is 5.75 Å². The van der Waals surface area contributed by atoms with E-state index in [-0.39, 0.29) is 11.7 Å². The van der Waals surface area contributed by atoms with E-state index < -0.39 is 6.36 Å². The lowest BCUT2D eigenvalue weighted by molar-refractivity contribution is -0.274. The summed E-state index contributed by atoms with van der Waals surface area (Å²) in [5, 5.41) is 2.84. The minimum atomic E-state index is -4.70. The summed E-state index contributed by atoms with van der Waals surface area (Å²) in [5.74, 6) is -0.0706. The second-order valence-electron chi connectivity index (χ2n) is 5.72. The third kappa shape index (κ3) is 7.61. The molecule has 140 valence electrons. The lowest BCUT2D eigenvalue weighted by atomic mass is 10.3. The molecule has 2 rings (SSSR count). The van der Waals surface area contributed by atoms with Gasteiger partial charge in [0.25, 0.3) is 0 Å². The van der Waals surface area contributed by atoms with Gasteiger partial charge in [0.1, 0.15) is 5.75 Å². The van der Waals surface area contributed by atoms with Gasteiger partial charge in [-0.3, -0.25) is 9.89 Å². The van der Waals surface area contributed by atoms with Crippen LogP contribution in [0, 0.1) is 0 Å². The van der Waals surface area contributed by atoms with Gasteiger partial charge in [-0.25, -0.2) is 0 Å². The minimum Gasteiger partial charge on any atom is -0.406 e. The number of rotatable bonds is 9. The molecule has 0 amide bonds. The van der Waals surface area contributed by atoms with E-state index in [2.05, 4.69) is 19.9 Å². The summed E-state index contributed by atoms with van der Waals surface area (Å²) in [6.07, 6.45) is -2.30. The van der Waals surface area contributed by atoms with Gasteiger partial charge in [-0.15, -0.1) is 13.2 Å². The predicted octanol–water partition coefficient (Wildman–Crippen LogP) is 2.42. The van der Waals surface area contributed by atoms with Crippen LogP contribution in [-0.4, -0.2) is 56.6 Å². The number of alkyl halides is 3. The summed E-state index contributed by atoms with van der Waals surface area (Å²) in [6.45, 7) is 2.87. The maximum Gasteiger partial charge on any atom is 0.573 e. The largest absolute Gasteiger partial charge is 0.573 e. The van der Waals surface area contributed by atoms with Crippen molar-refractivity contribution in [2.75, 3.05) is 38.7 Å². The van der Waals surface area contributed by atoms with Gasteiger partial charge in [0.15, 0.2) is 5.96 Å². The molecule has 1 aliphatic carbocycles. The Morgan fingerprint density at radius 1 is 1.28 bits per heavy atom. The van der Waals surface area contributed by atoms with Crippen LogP contribution in [0.3, 0.4) is 0 Å². The fourth-order valence-corrected chi connectivity index (χ4v) is 2.35. The monoisotopic (exact) mass is 360 g/mol. The SMILES string of the molecule is COCCN(CCN=C(N)Nc1ccc(OC(F)(F)F)cc1)C1CC1. The summed E-state index contributed by atoms with van der Waals surface area (Å²) in [7, 11) is 1.68. The first kappa shape index (κ1) is 19.3. The standard InChI is InChI=1S/C16H23F3N4O2/c1-24-11-10-23(13-4-5-13)9-8-21-15(20)22-12-2-6-14(7-3-12)25-16(17,18)19/h2-3,6-7,13H,4-5,8-11H2,1H3,(H3,20,21,22). The van der Waals surface area contributed by atoms with Crippen LogP contribution in [0.2, 0.25) is 0 Å². The number of anilines is 1. The molecular formula is C16H23F3N4O2. The number of hydrogen-bond donors (Lipinski definition) is 2. The van der Waals surface area contributed by atoms with Crippen molar-refractivity contribution in [1.29, 1.82) is 0 Å². The van der Waals surface area contributed by atoms with Gasteiger partial charge in [-0.05, 0) is 37.1 Å². The zero-order valence-electron chi connectivity index (χ0n) is 14.1. The van der Waals surface area contributed by atoms with E-state index in [4.69, 9.17) is 10.5 Å². The van der Waals surface area contributed by atoms with Crippen molar-refractivity contribution in [3.05, 3.63) is 24.3 Å². The van der Waals surface area contributed by atoms with E-state index in [0.29, 0.717) is 24.9 Å². The normalized spacial score (nSPS) is 15.5. The number of benzene rings is 1. The topological polar surface area (TPSA) is 72.1 Å². The van der Waals surface area contributed by atoms with Gasteiger partial charge in [-0.1, -0.05) is 0 Å². The molecule has 1 saturated carbocycles. The molecule has 9 heteroatoms. The average Bonchev–Trinajstić information content (AvgIpc) is 3.36. The van der Waals surface area contributed by atoms with Crippen LogP contribution in [0.25, 0.3) is 0 Å². The molecule has 0 bridgehead atoms. The van der Waals surface area contributed by atoms with E-state index in [1.165, 1.54) is 37.1 Å². The van der Waals surface area contributed by atoms with Gasteiger partial charge in [0, 0.05) is 31.9 Å². The Morgan fingerprint density at radius 2 is 1.96 bits per heavy atom. The Morgan fingerprint density at radius 3 is 2.52 bits per heavy atom. The first-order valence-electron chi connectivity index (χ1n) is 8.03. The number of guanidine groups is 1. The van der Waals surface area contributed by atoms with Crippen molar-refractivity contribution >= 4 is 11.6 Å². The third-order valence-corrected chi connectivity index (χ3v) is 3.68. The first-order valence-corrected chi connectivity index (χ1v) is 8.03. The van der Waals surface area contributed by atoms with Gasteiger partial charge in [-0.2, -0.15) is 0 Å². The minimum absolute atomic E-state index is 0.215. The van der Waals surface area contributed by atoms with E-state index in [1.807, 2.05) is 0 Å². The molecule has 0 heterocycles. The van der Waals surface area contributed by atoms with Gasteiger partial charge < -0.3 is 20.5 Å². The zero-order chi connectivity index (χ0) is 18.3. The molecular weight excluding hydrogens is 337 g/mol. The lowest BCUT2D eigenvalue weighted by Gasteiger charge is -2.20. The van der Waals surface area contributed by atoms with E-state index >= 15 is 0 Å². The number of nitrogens with one attached hydrogen (secondary N) is 1. The van der Waals surface area contributed by atoms with Crippen LogP contribution >= 0.6 is 0 Å². The molecule has 1 aromatic rings. The van der Waals surface area contributed by atoms with Gasteiger partial charge in [0.05, 0.1) is 13.2 Å². The molecule has 0 unspecified atom stereocenters. The molecule has 0 aliphatic heterocycles. The fourth-order valence-electron chi connectivity index (χ4n) is 2.35. The molecule has 1 aliphatic rings.